The molecule has 1 aromatic carbocycles. The summed E-state index contributed by atoms with van der Waals surface area (Å²) >= 11 is 0. The first kappa shape index (κ1) is 14.0. The number of H-pyrrole nitrogens is 1. The molecule has 0 spiro atoms. The van der Waals surface area contributed by atoms with Crippen LogP contribution in [0, 0.1) is 0 Å². The van der Waals surface area contributed by atoms with Crippen LogP contribution in [0.3, 0.4) is 0 Å². The fraction of sp³-hybridized carbons (Fsp3) is 0.200. The highest BCUT2D eigenvalue weighted by molar-refractivity contribution is 5.76. The molecule has 7 nitrogen and oxygen atoms in total. The Morgan fingerprint density at radius 3 is 2.91 bits per heavy atom. The lowest BCUT2D eigenvalue weighted by Gasteiger charge is -2.10. The summed E-state index contributed by atoms with van der Waals surface area (Å²) in [6.07, 6.45) is 2.26. The lowest BCUT2D eigenvalue weighted by Crippen LogP contribution is -2.12. The number of rotatable bonds is 4. The van der Waals surface area contributed by atoms with Gasteiger partial charge in [-0.2, -0.15) is 4.98 Å². The highest BCUT2D eigenvalue weighted by atomic mass is 16.5. The number of nitrogen functional groups attached to an aromatic ring is 1. The molecule has 0 aliphatic rings. The van der Waals surface area contributed by atoms with Gasteiger partial charge in [0.15, 0.2) is 5.65 Å². The van der Waals surface area contributed by atoms with Crippen molar-refractivity contribution in [1.82, 2.24) is 19.9 Å². The highest BCUT2D eigenvalue weighted by Crippen LogP contribution is 2.27. The minimum atomic E-state index is -0.315. The van der Waals surface area contributed by atoms with Crippen molar-refractivity contribution in [2.24, 2.45) is 0 Å². The normalized spacial score (nSPS) is 10.8. The zero-order valence-electron chi connectivity index (χ0n) is 12.0. The van der Waals surface area contributed by atoms with E-state index in [0.717, 1.165) is 6.42 Å². The zero-order chi connectivity index (χ0) is 15.5. The van der Waals surface area contributed by atoms with Crippen molar-refractivity contribution in [3.63, 3.8) is 0 Å². The second-order valence-corrected chi connectivity index (χ2v) is 4.72. The Balaban J connectivity index is 2.16. The van der Waals surface area contributed by atoms with Crippen molar-refractivity contribution in [2.45, 2.75) is 13.3 Å². The first-order chi connectivity index (χ1) is 10.7. The van der Waals surface area contributed by atoms with E-state index in [9.17, 15) is 4.79 Å². The topological polar surface area (TPSA) is 107 Å². The fourth-order valence-electron chi connectivity index (χ4n) is 2.07. The lowest BCUT2D eigenvalue weighted by molar-refractivity contribution is 0.318. The first-order valence-electron chi connectivity index (χ1n) is 6.93. The highest BCUT2D eigenvalue weighted by Gasteiger charge is 2.12. The van der Waals surface area contributed by atoms with E-state index in [2.05, 4.69) is 19.9 Å². The molecule has 0 unspecified atom stereocenters. The molecule has 0 aliphatic heterocycles. The standard InChI is InChI=1S/C15H15N5O2/c1-2-7-22-11-6-4-3-5-9(11)12-18-13-10(14(21)19-12)8-17-15(16)20-13/h3-6,8H,2,7H2,1H3,(H3,16,17,18,19,20,21). The number of nitrogens with zero attached hydrogens (tertiary/aromatic N) is 3. The van der Waals surface area contributed by atoms with Crippen LogP contribution in [0.2, 0.25) is 0 Å². The molecule has 22 heavy (non-hydrogen) atoms. The molecule has 0 saturated carbocycles. The molecule has 0 radical (unpaired) electrons. The summed E-state index contributed by atoms with van der Waals surface area (Å²) in [5, 5.41) is 0.296. The number of aromatic amines is 1. The molecule has 3 N–H and O–H groups in total. The Morgan fingerprint density at radius 1 is 1.27 bits per heavy atom. The Bertz CT molecular complexity index is 875. The summed E-state index contributed by atoms with van der Waals surface area (Å²) in [7, 11) is 0. The van der Waals surface area contributed by atoms with Crippen molar-refractivity contribution in [2.75, 3.05) is 12.3 Å². The van der Waals surface area contributed by atoms with Crippen LogP contribution in [0.25, 0.3) is 22.4 Å². The largest absolute Gasteiger partial charge is 0.493 e. The van der Waals surface area contributed by atoms with Crippen molar-refractivity contribution in [3.05, 3.63) is 40.8 Å². The lowest BCUT2D eigenvalue weighted by atomic mass is 10.2. The molecular formula is C15H15N5O2. The van der Waals surface area contributed by atoms with E-state index >= 15 is 0 Å². The predicted molar refractivity (Wildman–Crippen MR) is 83.6 cm³/mol. The van der Waals surface area contributed by atoms with Gasteiger partial charge in [-0.05, 0) is 18.6 Å². The van der Waals surface area contributed by atoms with E-state index in [4.69, 9.17) is 10.5 Å². The summed E-state index contributed by atoms with van der Waals surface area (Å²) in [5.74, 6) is 1.13. The molecule has 0 atom stereocenters. The van der Waals surface area contributed by atoms with Gasteiger partial charge in [0.05, 0.1) is 12.2 Å². The Kier molecular flexibility index (Phi) is 3.69. The van der Waals surface area contributed by atoms with Crippen LogP contribution in [0.4, 0.5) is 5.95 Å². The van der Waals surface area contributed by atoms with Gasteiger partial charge >= 0.3 is 0 Å². The summed E-state index contributed by atoms with van der Waals surface area (Å²) < 4.78 is 5.70. The predicted octanol–water partition coefficient (Wildman–Crippen LogP) is 1.75. The number of benzene rings is 1. The zero-order valence-corrected chi connectivity index (χ0v) is 12.0. The molecule has 3 aromatic rings. The van der Waals surface area contributed by atoms with Gasteiger partial charge in [0, 0.05) is 6.20 Å². The van der Waals surface area contributed by atoms with E-state index in [1.165, 1.54) is 6.20 Å². The number of aromatic nitrogens is 4. The molecule has 0 fully saturated rings. The van der Waals surface area contributed by atoms with Crippen LogP contribution in [0.1, 0.15) is 13.3 Å². The molecule has 7 heteroatoms. The van der Waals surface area contributed by atoms with Crippen molar-refractivity contribution >= 4 is 17.0 Å². The maximum atomic E-state index is 12.2. The van der Waals surface area contributed by atoms with E-state index in [1.807, 2.05) is 31.2 Å². The molecule has 0 aliphatic carbocycles. The molecule has 0 bridgehead atoms. The number of ether oxygens (including phenoxy) is 1. The number of fused-ring (bicyclic) bond motifs is 1. The van der Waals surface area contributed by atoms with E-state index in [1.54, 1.807) is 0 Å². The van der Waals surface area contributed by atoms with Gasteiger partial charge in [0.1, 0.15) is 17.0 Å². The molecule has 3 rings (SSSR count). The second kappa shape index (κ2) is 5.80. The number of nitrogens with two attached hydrogens (primary N) is 1. The summed E-state index contributed by atoms with van der Waals surface area (Å²) in [4.78, 5) is 27.1. The van der Waals surface area contributed by atoms with Crippen LogP contribution in [-0.4, -0.2) is 26.5 Å². The number of hydrogen-bond donors (Lipinski definition) is 2. The SMILES string of the molecule is CCCOc1ccccc1-c1nc2nc(N)ncc2c(=O)[nH]1. The maximum Gasteiger partial charge on any atom is 0.262 e. The van der Waals surface area contributed by atoms with E-state index in [0.29, 0.717) is 29.1 Å². The quantitative estimate of drug-likeness (QED) is 0.759. The Labute approximate surface area is 126 Å². The summed E-state index contributed by atoms with van der Waals surface area (Å²) in [6, 6.07) is 7.39. The fourth-order valence-corrected chi connectivity index (χ4v) is 2.07. The summed E-state index contributed by atoms with van der Waals surface area (Å²) in [6.45, 7) is 2.61. The number of anilines is 1. The average molecular weight is 297 g/mol. The van der Waals surface area contributed by atoms with Crippen LogP contribution in [-0.2, 0) is 0 Å². The minimum absolute atomic E-state index is 0.0760. The molecular weight excluding hydrogens is 282 g/mol. The van der Waals surface area contributed by atoms with Gasteiger partial charge < -0.3 is 15.5 Å². The van der Waals surface area contributed by atoms with E-state index in [-0.39, 0.29) is 17.2 Å². The number of nitrogens with one attached hydrogen (secondary N) is 1. The third-order valence-corrected chi connectivity index (χ3v) is 3.09. The van der Waals surface area contributed by atoms with Crippen LogP contribution in [0.15, 0.2) is 35.3 Å². The van der Waals surface area contributed by atoms with Crippen molar-refractivity contribution < 1.29 is 4.74 Å². The molecule has 0 amide bonds. The van der Waals surface area contributed by atoms with Crippen LogP contribution < -0.4 is 16.0 Å². The smallest absolute Gasteiger partial charge is 0.262 e. The van der Waals surface area contributed by atoms with Crippen molar-refractivity contribution in [3.8, 4) is 17.1 Å². The van der Waals surface area contributed by atoms with Gasteiger partial charge in [0.25, 0.3) is 5.56 Å². The third kappa shape index (κ3) is 2.60. The monoisotopic (exact) mass is 297 g/mol. The van der Waals surface area contributed by atoms with Crippen molar-refractivity contribution in [1.29, 1.82) is 0 Å². The van der Waals surface area contributed by atoms with Gasteiger partial charge in [-0.1, -0.05) is 19.1 Å². The van der Waals surface area contributed by atoms with Crippen LogP contribution >= 0.6 is 0 Å². The molecule has 112 valence electrons. The Morgan fingerprint density at radius 2 is 2.09 bits per heavy atom. The molecule has 2 aromatic heterocycles. The van der Waals surface area contributed by atoms with Gasteiger partial charge in [-0.25, -0.2) is 9.97 Å². The molecule has 0 saturated heterocycles. The maximum absolute atomic E-state index is 12.2. The third-order valence-electron chi connectivity index (χ3n) is 3.09. The second-order valence-electron chi connectivity index (χ2n) is 4.72. The Hall–Kier alpha value is -2.96. The van der Waals surface area contributed by atoms with Crippen LogP contribution in [0.5, 0.6) is 5.75 Å². The average Bonchev–Trinajstić information content (AvgIpc) is 2.52. The number of para-hydroxylation sites is 1. The van der Waals surface area contributed by atoms with Gasteiger partial charge in [-0.15, -0.1) is 0 Å². The van der Waals surface area contributed by atoms with Gasteiger partial charge in [0.2, 0.25) is 5.95 Å². The summed E-state index contributed by atoms with van der Waals surface area (Å²) in [5.41, 5.74) is 6.21. The first-order valence-corrected chi connectivity index (χ1v) is 6.93. The van der Waals surface area contributed by atoms with E-state index < -0.39 is 0 Å². The minimum Gasteiger partial charge on any atom is -0.493 e. The molecule has 2 heterocycles. The van der Waals surface area contributed by atoms with Gasteiger partial charge in [-0.3, -0.25) is 4.79 Å². The number of hydrogen-bond acceptors (Lipinski definition) is 6.